The van der Waals surface area contributed by atoms with Gasteiger partial charge >= 0.3 is 0 Å². The second-order valence-electron chi connectivity index (χ2n) is 26.8. The first-order chi connectivity index (χ1) is 38.7. The van der Waals surface area contributed by atoms with Crippen molar-refractivity contribution in [1.82, 2.24) is 4.90 Å². The number of ether oxygens (including phenoxy) is 2. The molecule has 7 N–H and O–H groups in total. The summed E-state index contributed by atoms with van der Waals surface area (Å²) in [5.41, 5.74) is 8.63. The first kappa shape index (κ1) is 104. The van der Waals surface area contributed by atoms with Gasteiger partial charge in [0.1, 0.15) is 17.2 Å². The summed E-state index contributed by atoms with van der Waals surface area (Å²) in [7, 11) is 7.30. The molecule has 2 atom stereocenters. The Hall–Kier alpha value is -1.08. The van der Waals surface area contributed by atoms with E-state index in [9.17, 15) is 15.3 Å². The van der Waals surface area contributed by atoms with Crippen molar-refractivity contribution < 1.29 is 110 Å². The Morgan fingerprint density at radius 3 is 0.539 bits per heavy atom. The number of phenolic OH excluding ortho intramolecular Hbond substituents is 3. The molecule has 0 heterocycles. The Bertz CT molecular complexity index is 1880. The van der Waals surface area contributed by atoms with Crippen molar-refractivity contribution in [1.29, 1.82) is 0 Å². The average molecular weight is 1360 g/mol. The summed E-state index contributed by atoms with van der Waals surface area (Å²) in [6.07, 6.45) is -0.584. The predicted octanol–water partition coefficient (Wildman–Crippen LogP) is 19.2. The van der Waals surface area contributed by atoms with E-state index in [2.05, 4.69) is 188 Å². The Morgan fingerprint density at radius 1 is 0.292 bits per heavy atom. The maximum absolute atomic E-state index is 11.2. The molecule has 3 aromatic carbocycles. The number of aliphatic hydroxyl groups is 4. The van der Waals surface area contributed by atoms with Crippen molar-refractivity contribution in [2.24, 2.45) is 88.8 Å². The van der Waals surface area contributed by atoms with Crippen LogP contribution in [0, 0.1) is 111 Å². The molecule has 0 aromatic heterocycles. The number of aliphatic hydroxyl groups excluding tert-OH is 4. The van der Waals surface area contributed by atoms with Gasteiger partial charge in [0, 0.05) is 139 Å². The molecule has 89 heavy (non-hydrogen) atoms. The van der Waals surface area contributed by atoms with Crippen LogP contribution in [0.1, 0.15) is 259 Å². The predicted molar refractivity (Wildman–Crippen MR) is 374 cm³/mol. The van der Waals surface area contributed by atoms with Gasteiger partial charge in [0.15, 0.2) is 0 Å². The van der Waals surface area contributed by atoms with Crippen molar-refractivity contribution in [2.45, 2.75) is 229 Å². The van der Waals surface area contributed by atoms with Crippen molar-refractivity contribution in [2.75, 3.05) is 42.7 Å². The molecule has 0 bridgehead atoms. The zero-order chi connectivity index (χ0) is 65.4. The zero-order valence-electron chi connectivity index (χ0n) is 63.6. The monoisotopic (exact) mass is 1360 g/mol. The van der Waals surface area contributed by atoms with Gasteiger partial charge in [-0.2, -0.15) is 0 Å². The third-order valence-electron chi connectivity index (χ3n) is 21.4. The SMILES string of the molecule is CC1C(C)C(C)C(C)C1C.CC1C(C)C(C)C(C)C1C.CC1C(C)C(C)C(C)C1C.CO.CO.CO.CO.COC(C)c1cc(CN(Cc2cc(C(C)C)c(O)c(C(C)C)c2)Cc2cc(C(C)C)c(O)c(C(C)C)c2)cc(C(C)OC)c1O.[CH3-].[CH3-].[CH3-].[Ti].[Ti].[Ti]. The Morgan fingerprint density at radius 2 is 0.416 bits per heavy atom. The van der Waals surface area contributed by atoms with Crippen LogP contribution in [0.3, 0.4) is 0 Å². The minimum Gasteiger partial charge on any atom is -0.507 e. The summed E-state index contributed by atoms with van der Waals surface area (Å²) >= 11 is 0. The van der Waals surface area contributed by atoms with Gasteiger partial charge in [-0.05, 0) is 177 Å². The van der Waals surface area contributed by atoms with Gasteiger partial charge in [0.05, 0.1) is 12.2 Å². The normalized spacial score (nSPS) is 25.8. The van der Waals surface area contributed by atoms with Gasteiger partial charge in [0.25, 0.3) is 0 Å². The van der Waals surface area contributed by atoms with Crippen molar-refractivity contribution in [3.05, 3.63) is 109 Å². The number of hydrogen-bond donors (Lipinski definition) is 7. The van der Waals surface area contributed by atoms with Crippen molar-refractivity contribution in [3.63, 3.8) is 0 Å². The molecule has 2 unspecified atom stereocenters. The maximum atomic E-state index is 11.2. The molecule has 0 radical (unpaired) electrons. The summed E-state index contributed by atoms with van der Waals surface area (Å²) in [6, 6.07) is 12.6. The first-order valence-corrected chi connectivity index (χ1v) is 31.9. The third-order valence-corrected chi connectivity index (χ3v) is 21.4. The number of nitrogens with zero attached hydrogens (tertiary/aromatic N) is 1. The Labute approximate surface area is 596 Å². The van der Waals surface area contributed by atoms with Crippen molar-refractivity contribution in [3.8, 4) is 17.2 Å². The maximum Gasteiger partial charge on any atom is 0.127 e. The number of methoxy groups -OCH3 is 2. The van der Waals surface area contributed by atoms with E-state index < -0.39 is 0 Å². The van der Waals surface area contributed by atoms with Crippen LogP contribution in [0.25, 0.3) is 0 Å². The van der Waals surface area contributed by atoms with Crippen LogP contribution < -0.4 is 0 Å². The molecule has 13 heteroatoms. The van der Waals surface area contributed by atoms with Crippen LogP contribution in [0.15, 0.2) is 36.4 Å². The average Bonchev–Trinajstić information content (AvgIpc) is 4.08. The summed E-state index contributed by atoms with van der Waals surface area (Å²) in [6.45, 7) is 58.7. The first-order valence-electron chi connectivity index (χ1n) is 31.9. The smallest absolute Gasteiger partial charge is 0.127 e. The van der Waals surface area contributed by atoms with Crippen LogP contribution in [0.5, 0.6) is 17.2 Å². The number of phenols is 3. The van der Waals surface area contributed by atoms with Crippen LogP contribution in [0.2, 0.25) is 0 Å². The second-order valence-corrected chi connectivity index (χ2v) is 26.8. The van der Waals surface area contributed by atoms with E-state index in [4.69, 9.17) is 29.9 Å². The number of hydrogen-bond acceptors (Lipinski definition) is 10. The van der Waals surface area contributed by atoms with Gasteiger partial charge in [-0.3, -0.25) is 4.90 Å². The van der Waals surface area contributed by atoms with Crippen LogP contribution >= 0.6 is 0 Å². The van der Waals surface area contributed by atoms with E-state index in [1.54, 1.807) is 14.2 Å². The van der Waals surface area contributed by atoms with E-state index in [-0.39, 0.29) is 129 Å². The molecule has 3 fully saturated rings. The van der Waals surface area contributed by atoms with Gasteiger partial charge in [-0.15, -0.1) is 0 Å². The van der Waals surface area contributed by atoms with Gasteiger partial charge in [0.2, 0.25) is 0 Å². The van der Waals surface area contributed by atoms with Crippen LogP contribution in [-0.4, -0.2) is 83.3 Å². The summed E-state index contributed by atoms with van der Waals surface area (Å²) in [5.74, 6) is 15.8. The zero-order valence-corrected chi connectivity index (χ0v) is 68.3. The topological polar surface area (TPSA) is 163 Å². The molecule has 6 rings (SSSR count). The summed E-state index contributed by atoms with van der Waals surface area (Å²) in [4.78, 5) is 2.40. The standard InChI is InChI=1S/C39H57NO5.3C10H20.4CH4O.3CH3.3Ti/c1-22(2)31-13-28(14-32(23(3)4)37(31)41)19-40(20-29-15-33(24(5)6)38(42)34(16-29)25(7)8)21-30-17-35(26(9)44-11)39(43)36(18-30)27(10)45-12;3*1-6-7(2)9(4)10(5)8(6)3;4*1-2;;;;;;/h13-18,22-27,41-43H,19-21H2,1-12H3;3*6-10H,1-5H3;4*2H,1H3;3*1H3;;;/q;;;;;;;;3*-1;;;. The van der Waals surface area contributed by atoms with Gasteiger partial charge in [-0.1, -0.05) is 184 Å². The van der Waals surface area contributed by atoms with E-state index in [1.165, 1.54) is 0 Å². The summed E-state index contributed by atoms with van der Waals surface area (Å²) in [5, 5.41) is 61.4. The third kappa shape index (κ3) is 29.0. The fourth-order valence-corrected chi connectivity index (χ4v) is 13.3. The van der Waals surface area contributed by atoms with Gasteiger partial charge < -0.3 is 67.5 Å². The van der Waals surface area contributed by atoms with E-state index >= 15 is 0 Å². The van der Waals surface area contributed by atoms with E-state index in [1.807, 2.05) is 26.0 Å². The van der Waals surface area contributed by atoms with E-state index in [0.29, 0.717) is 31.1 Å². The molecular formula is C76H142NO9Ti3-3. The Balaban J connectivity index is -0.000000202. The van der Waals surface area contributed by atoms with Crippen LogP contribution in [0.4, 0.5) is 0 Å². The number of rotatable bonds is 14. The quantitative estimate of drug-likeness (QED) is 0.0611. The van der Waals surface area contributed by atoms with Crippen molar-refractivity contribution >= 4 is 0 Å². The minimum atomic E-state index is -0.292. The van der Waals surface area contributed by atoms with E-state index in [0.717, 1.165) is 167 Å². The second kappa shape index (κ2) is 51.2. The molecule has 0 saturated heterocycles. The molecule has 3 aliphatic rings. The number of benzene rings is 3. The fraction of sp³-hybridized carbons (Fsp3) is 0.724. The number of aromatic hydroxyl groups is 3. The molecule has 3 saturated carbocycles. The molecule has 10 nitrogen and oxygen atoms in total. The molecule has 520 valence electrons. The van der Waals surface area contributed by atoms with Crippen LogP contribution in [-0.2, 0) is 94.3 Å². The molecular weight excluding hydrogens is 1210 g/mol. The van der Waals surface area contributed by atoms with Gasteiger partial charge in [-0.25, -0.2) is 0 Å². The molecule has 0 aliphatic heterocycles. The molecule has 3 aliphatic carbocycles. The largest absolute Gasteiger partial charge is 0.507 e. The molecule has 3 aromatic rings. The Kier molecular flexibility index (Phi) is 59.9. The summed E-state index contributed by atoms with van der Waals surface area (Å²) < 4.78 is 11.3. The minimum absolute atomic E-state index is 0. The molecule has 0 spiro atoms. The molecule has 0 amide bonds. The fourth-order valence-electron chi connectivity index (χ4n) is 13.3.